The van der Waals surface area contributed by atoms with Gasteiger partial charge in [-0.15, -0.1) is 0 Å². The summed E-state index contributed by atoms with van der Waals surface area (Å²) in [5, 5.41) is 4.01. The number of nitrogens with zero attached hydrogens (tertiary/aromatic N) is 4. The molecule has 1 fully saturated rings. The molecule has 2 aromatic heterocycles. The van der Waals surface area contributed by atoms with Crippen molar-refractivity contribution < 1.29 is 14.1 Å². The minimum Gasteiger partial charge on any atom is -0.384 e. The van der Waals surface area contributed by atoms with E-state index in [9.17, 15) is 4.79 Å². The van der Waals surface area contributed by atoms with Crippen LogP contribution in [0.2, 0.25) is 0 Å². The number of hydrogen-bond acceptors (Lipinski definition) is 6. The van der Waals surface area contributed by atoms with E-state index in [1.165, 1.54) is 0 Å². The lowest BCUT2D eigenvalue weighted by Crippen LogP contribution is -2.39. The van der Waals surface area contributed by atoms with Crippen LogP contribution in [0, 0.1) is 6.92 Å². The van der Waals surface area contributed by atoms with Gasteiger partial charge < -0.3 is 14.2 Å². The predicted octanol–water partition coefficient (Wildman–Crippen LogP) is 3.48. The van der Waals surface area contributed by atoms with Gasteiger partial charge in [-0.3, -0.25) is 4.79 Å². The number of ether oxygens (including phenoxy) is 1. The van der Waals surface area contributed by atoms with Gasteiger partial charge in [-0.1, -0.05) is 12.1 Å². The van der Waals surface area contributed by atoms with Crippen LogP contribution in [0.15, 0.2) is 16.8 Å². The maximum atomic E-state index is 12.8. The Balaban J connectivity index is 2.00. The summed E-state index contributed by atoms with van der Waals surface area (Å²) in [6.07, 6.45) is 6.96. The standard InChI is InChI=1S/C20H28N4O3/c1-4-7-18-21-13-15(17-12-14(2)23-27-17)20(22-18)16-8-5-6-10-24(16)19(25)9-11-26-3/h12-13,16H,4-11H2,1-3H3/t16-/m0/s1. The van der Waals surface area contributed by atoms with Crippen LogP contribution >= 0.6 is 0 Å². The molecule has 0 spiro atoms. The van der Waals surface area contributed by atoms with E-state index in [2.05, 4.69) is 17.1 Å². The highest BCUT2D eigenvalue weighted by atomic mass is 16.5. The summed E-state index contributed by atoms with van der Waals surface area (Å²) in [7, 11) is 1.62. The summed E-state index contributed by atoms with van der Waals surface area (Å²) in [5.41, 5.74) is 2.51. The maximum Gasteiger partial charge on any atom is 0.225 e. The van der Waals surface area contributed by atoms with Crippen LogP contribution in [-0.2, 0) is 16.0 Å². The van der Waals surface area contributed by atoms with E-state index < -0.39 is 0 Å². The van der Waals surface area contributed by atoms with Crippen LogP contribution in [0.25, 0.3) is 11.3 Å². The van der Waals surface area contributed by atoms with Gasteiger partial charge in [-0.2, -0.15) is 0 Å². The fourth-order valence-electron chi connectivity index (χ4n) is 3.56. The Morgan fingerprint density at radius 2 is 2.26 bits per heavy atom. The lowest BCUT2D eigenvalue weighted by atomic mass is 9.95. The van der Waals surface area contributed by atoms with Gasteiger partial charge in [0.25, 0.3) is 0 Å². The Morgan fingerprint density at radius 1 is 1.41 bits per heavy atom. The van der Waals surface area contributed by atoms with E-state index in [4.69, 9.17) is 14.2 Å². The van der Waals surface area contributed by atoms with Crippen molar-refractivity contribution in [3.8, 4) is 11.3 Å². The summed E-state index contributed by atoms with van der Waals surface area (Å²) in [5.74, 6) is 1.57. The van der Waals surface area contributed by atoms with Crippen molar-refractivity contribution in [3.63, 3.8) is 0 Å². The Labute approximate surface area is 160 Å². The second-order valence-corrected chi connectivity index (χ2v) is 7.01. The summed E-state index contributed by atoms with van der Waals surface area (Å²) in [6.45, 7) is 5.17. The first-order valence-electron chi connectivity index (χ1n) is 9.72. The summed E-state index contributed by atoms with van der Waals surface area (Å²) >= 11 is 0. The number of piperidine rings is 1. The minimum absolute atomic E-state index is 0.0675. The fourth-order valence-corrected chi connectivity index (χ4v) is 3.56. The minimum atomic E-state index is -0.0675. The number of carbonyl (C=O) groups excluding carboxylic acids is 1. The second kappa shape index (κ2) is 9.08. The topological polar surface area (TPSA) is 81.4 Å². The van der Waals surface area contributed by atoms with E-state index in [0.717, 1.165) is 61.4 Å². The molecular weight excluding hydrogens is 344 g/mol. The van der Waals surface area contributed by atoms with Gasteiger partial charge in [-0.25, -0.2) is 9.97 Å². The Kier molecular flexibility index (Phi) is 6.55. The zero-order valence-corrected chi connectivity index (χ0v) is 16.4. The highest BCUT2D eigenvalue weighted by molar-refractivity contribution is 5.77. The molecule has 0 radical (unpaired) electrons. The second-order valence-electron chi connectivity index (χ2n) is 7.01. The smallest absolute Gasteiger partial charge is 0.225 e. The molecule has 1 saturated heterocycles. The van der Waals surface area contributed by atoms with E-state index in [-0.39, 0.29) is 11.9 Å². The lowest BCUT2D eigenvalue weighted by molar-refractivity contribution is -0.136. The third kappa shape index (κ3) is 4.53. The van der Waals surface area contributed by atoms with Crippen molar-refractivity contribution in [1.82, 2.24) is 20.0 Å². The quantitative estimate of drug-likeness (QED) is 0.740. The molecule has 0 saturated carbocycles. The molecule has 1 atom stereocenters. The first-order valence-corrected chi connectivity index (χ1v) is 9.72. The van der Waals surface area contributed by atoms with Gasteiger partial charge in [0.1, 0.15) is 5.82 Å². The monoisotopic (exact) mass is 372 g/mol. The highest BCUT2D eigenvalue weighted by Crippen LogP contribution is 2.36. The summed E-state index contributed by atoms with van der Waals surface area (Å²) < 4.78 is 10.6. The number of methoxy groups -OCH3 is 1. The molecule has 0 N–H and O–H groups in total. The number of carbonyl (C=O) groups is 1. The normalized spacial score (nSPS) is 17.3. The van der Waals surface area contributed by atoms with Gasteiger partial charge in [-0.05, 0) is 32.6 Å². The van der Waals surface area contributed by atoms with Crippen molar-refractivity contribution in [2.75, 3.05) is 20.3 Å². The first-order chi connectivity index (χ1) is 13.1. The molecule has 1 aliphatic rings. The van der Waals surface area contributed by atoms with Crippen LogP contribution in [0.3, 0.4) is 0 Å². The van der Waals surface area contributed by atoms with Crippen molar-refractivity contribution in [1.29, 1.82) is 0 Å². The third-order valence-electron chi connectivity index (χ3n) is 4.89. The van der Waals surface area contributed by atoms with Crippen molar-refractivity contribution >= 4 is 5.91 Å². The third-order valence-corrected chi connectivity index (χ3v) is 4.89. The van der Waals surface area contributed by atoms with Crippen LogP contribution in [0.5, 0.6) is 0 Å². The molecule has 27 heavy (non-hydrogen) atoms. The van der Waals surface area contributed by atoms with Gasteiger partial charge in [0, 0.05) is 32.3 Å². The largest absolute Gasteiger partial charge is 0.384 e. The summed E-state index contributed by atoms with van der Waals surface area (Å²) in [4.78, 5) is 24.1. The zero-order valence-electron chi connectivity index (χ0n) is 16.4. The van der Waals surface area contributed by atoms with E-state index >= 15 is 0 Å². The lowest BCUT2D eigenvalue weighted by Gasteiger charge is -2.36. The van der Waals surface area contributed by atoms with Gasteiger partial charge in [0.05, 0.1) is 36.0 Å². The number of rotatable bonds is 7. The molecule has 2 aromatic rings. The molecule has 146 valence electrons. The molecule has 3 rings (SSSR count). The molecule has 0 aromatic carbocycles. The number of aryl methyl sites for hydroxylation is 2. The SMILES string of the molecule is CCCc1ncc(-c2cc(C)no2)c([C@@H]2CCCCN2C(=O)CCOC)n1. The van der Waals surface area contributed by atoms with Crippen molar-refractivity contribution in [2.45, 2.75) is 58.4 Å². The number of aromatic nitrogens is 3. The molecule has 3 heterocycles. The number of likely N-dealkylation sites (tertiary alicyclic amines) is 1. The van der Waals surface area contributed by atoms with Crippen LogP contribution in [0.1, 0.15) is 62.3 Å². The van der Waals surface area contributed by atoms with Gasteiger partial charge in [0.2, 0.25) is 5.91 Å². The van der Waals surface area contributed by atoms with Crippen LogP contribution in [0.4, 0.5) is 0 Å². The Bertz CT molecular complexity index is 774. The Hall–Kier alpha value is -2.28. The number of hydrogen-bond donors (Lipinski definition) is 0. The van der Waals surface area contributed by atoms with E-state index in [0.29, 0.717) is 18.8 Å². The molecule has 0 aliphatic carbocycles. The summed E-state index contributed by atoms with van der Waals surface area (Å²) in [6, 6.07) is 1.82. The van der Waals surface area contributed by atoms with E-state index in [1.807, 2.05) is 24.1 Å². The molecule has 0 unspecified atom stereocenters. The van der Waals surface area contributed by atoms with Crippen LogP contribution in [-0.4, -0.2) is 46.2 Å². The molecule has 7 heteroatoms. The van der Waals surface area contributed by atoms with Crippen LogP contribution < -0.4 is 0 Å². The zero-order chi connectivity index (χ0) is 19.2. The predicted molar refractivity (Wildman–Crippen MR) is 101 cm³/mol. The molecule has 1 amide bonds. The molecule has 1 aliphatic heterocycles. The average Bonchev–Trinajstić information content (AvgIpc) is 3.12. The Morgan fingerprint density at radius 3 is 2.96 bits per heavy atom. The average molecular weight is 372 g/mol. The van der Waals surface area contributed by atoms with Gasteiger partial charge in [0.15, 0.2) is 5.76 Å². The number of amides is 1. The van der Waals surface area contributed by atoms with E-state index in [1.54, 1.807) is 7.11 Å². The first kappa shape index (κ1) is 19.5. The van der Waals surface area contributed by atoms with Gasteiger partial charge >= 0.3 is 0 Å². The van der Waals surface area contributed by atoms with Crippen molar-refractivity contribution in [2.24, 2.45) is 0 Å². The molecule has 0 bridgehead atoms. The van der Waals surface area contributed by atoms with Crippen molar-refractivity contribution in [3.05, 3.63) is 29.5 Å². The molecular formula is C20H28N4O3. The molecule has 7 nitrogen and oxygen atoms in total. The highest BCUT2D eigenvalue weighted by Gasteiger charge is 2.31. The fraction of sp³-hybridized carbons (Fsp3) is 0.600. The maximum absolute atomic E-state index is 12.8.